The minimum Gasteiger partial charge on any atom is -0.494 e. The van der Waals surface area contributed by atoms with Gasteiger partial charge in [-0.15, -0.1) is 0 Å². The number of nitrogens with zero attached hydrogens (tertiary/aromatic N) is 2. The summed E-state index contributed by atoms with van der Waals surface area (Å²) in [4.78, 5) is 17.1. The highest BCUT2D eigenvalue weighted by Crippen LogP contribution is 2.49. The molecule has 3 atom stereocenters. The van der Waals surface area contributed by atoms with Crippen molar-refractivity contribution < 1.29 is 9.53 Å². The predicted molar refractivity (Wildman–Crippen MR) is 86.3 cm³/mol. The Kier molecular flexibility index (Phi) is 3.13. The molecular weight excluding hydrogens is 292 g/mol. The third-order valence-corrected chi connectivity index (χ3v) is 5.14. The van der Waals surface area contributed by atoms with Gasteiger partial charge in [0.05, 0.1) is 18.8 Å². The summed E-state index contributed by atoms with van der Waals surface area (Å²) in [5.41, 5.74) is 0.361. The van der Waals surface area contributed by atoms with E-state index in [4.69, 9.17) is 4.74 Å². The van der Waals surface area contributed by atoms with Gasteiger partial charge in [-0.3, -0.25) is 9.20 Å². The molecule has 0 aromatic carbocycles. The number of fused-ring (bicyclic) bond motifs is 2. The second kappa shape index (κ2) is 4.96. The first-order chi connectivity index (χ1) is 11.0. The van der Waals surface area contributed by atoms with Crippen molar-refractivity contribution in [2.24, 2.45) is 17.8 Å². The van der Waals surface area contributed by atoms with Crippen LogP contribution in [0, 0.1) is 17.8 Å². The van der Waals surface area contributed by atoms with Gasteiger partial charge >= 0.3 is 0 Å². The van der Waals surface area contributed by atoms with Crippen molar-refractivity contribution in [2.45, 2.75) is 19.4 Å². The molecule has 6 heteroatoms. The van der Waals surface area contributed by atoms with Gasteiger partial charge in [-0.05, 0) is 50.9 Å². The zero-order chi connectivity index (χ0) is 16.2. The van der Waals surface area contributed by atoms with Gasteiger partial charge in [0, 0.05) is 12.1 Å². The summed E-state index contributed by atoms with van der Waals surface area (Å²) < 4.78 is 7.36. The highest BCUT2D eigenvalue weighted by atomic mass is 16.5. The summed E-state index contributed by atoms with van der Waals surface area (Å²) in [6.07, 6.45) is 3.74. The molecule has 1 saturated carbocycles. The Labute approximate surface area is 135 Å². The lowest BCUT2D eigenvalue weighted by Crippen LogP contribution is -2.44. The van der Waals surface area contributed by atoms with Gasteiger partial charge in [-0.2, -0.15) is 0 Å². The van der Waals surface area contributed by atoms with Crippen molar-refractivity contribution in [2.75, 3.05) is 20.2 Å². The zero-order valence-corrected chi connectivity index (χ0v) is 13.7. The summed E-state index contributed by atoms with van der Waals surface area (Å²) in [5.74, 6) is 2.92. The molecule has 0 spiro atoms. The van der Waals surface area contributed by atoms with E-state index in [1.807, 2.05) is 36.6 Å². The van der Waals surface area contributed by atoms with Crippen LogP contribution in [0.15, 0.2) is 24.5 Å². The number of amides is 1. The fourth-order valence-corrected chi connectivity index (χ4v) is 3.89. The minimum atomic E-state index is -0.541. The van der Waals surface area contributed by atoms with E-state index < -0.39 is 5.54 Å². The average molecular weight is 314 g/mol. The number of methoxy groups -OCH3 is 1. The molecule has 1 unspecified atom stereocenters. The Morgan fingerprint density at radius 2 is 2.17 bits per heavy atom. The first-order valence-corrected chi connectivity index (χ1v) is 8.06. The number of aromatic nitrogens is 2. The first kappa shape index (κ1) is 14.5. The predicted octanol–water partition coefficient (Wildman–Crippen LogP) is 1.16. The van der Waals surface area contributed by atoms with Crippen LogP contribution in [-0.2, 0) is 10.3 Å². The van der Waals surface area contributed by atoms with Gasteiger partial charge in [-0.1, -0.05) is 0 Å². The van der Waals surface area contributed by atoms with E-state index in [1.54, 1.807) is 13.3 Å². The van der Waals surface area contributed by atoms with E-state index >= 15 is 0 Å². The molecule has 6 nitrogen and oxygen atoms in total. The van der Waals surface area contributed by atoms with E-state index in [-0.39, 0.29) is 11.8 Å². The molecule has 23 heavy (non-hydrogen) atoms. The monoisotopic (exact) mass is 314 g/mol. The topological polar surface area (TPSA) is 67.7 Å². The lowest BCUT2D eigenvalue weighted by Gasteiger charge is -2.26. The van der Waals surface area contributed by atoms with Crippen molar-refractivity contribution in [3.8, 4) is 5.75 Å². The molecule has 4 rings (SSSR count). The first-order valence-electron chi connectivity index (χ1n) is 8.06. The quantitative estimate of drug-likeness (QED) is 0.889. The van der Waals surface area contributed by atoms with E-state index in [1.165, 1.54) is 0 Å². The number of nitrogens with one attached hydrogen (secondary N) is 2. The largest absolute Gasteiger partial charge is 0.494 e. The van der Waals surface area contributed by atoms with Crippen LogP contribution in [0.5, 0.6) is 5.75 Å². The molecule has 1 saturated heterocycles. The van der Waals surface area contributed by atoms with Crippen LogP contribution in [-0.4, -0.2) is 35.5 Å². The second-order valence-electron chi connectivity index (χ2n) is 7.04. The molecule has 2 aliphatic rings. The van der Waals surface area contributed by atoms with Gasteiger partial charge in [0.2, 0.25) is 5.91 Å². The standard InChI is InChI=1S/C17H22N4O2/c1-17(2,20-15(22)14-10-7-18-8-11(10)14)16-19-9-12-13(23-3)5-4-6-21(12)16/h4-6,9-11,14,18H,7-8H2,1-3H3,(H,20,22)/t10-,11+,14?. The zero-order valence-electron chi connectivity index (χ0n) is 13.7. The number of carbonyl (C=O) groups excluding carboxylic acids is 1. The maximum atomic E-state index is 12.6. The van der Waals surface area contributed by atoms with Gasteiger partial charge in [0.1, 0.15) is 17.1 Å². The summed E-state index contributed by atoms with van der Waals surface area (Å²) in [5, 5.41) is 6.51. The Morgan fingerprint density at radius 3 is 2.87 bits per heavy atom. The van der Waals surface area contributed by atoms with Gasteiger partial charge in [0.25, 0.3) is 0 Å². The Bertz CT molecular complexity index is 757. The normalized spacial score (nSPS) is 26.1. The number of carbonyl (C=O) groups is 1. The van der Waals surface area contributed by atoms with Crippen LogP contribution in [0.2, 0.25) is 0 Å². The molecule has 1 amide bonds. The van der Waals surface area contributed by atoms with Gasteiger partial charge in [0.15, 0.2) is 0 Å². The SMILES string of the molecule is COc1cccn2c(C(C)(C)NC(=O)C3[C@H]4CNC[C@@H]34)ncc12. The number of piperidine rings is 1. The summed E-state index contributed by atoms with van der Waals surface area (Å²) in [6, 6.07) is 3.83. The third-order valence-electron chi connectivity index (χ3n) is 5.14. The lowest BCUT2D eigenvalue weighted by atomic mass is 10.0. The fourth-order valence-electron chi connectivity index (χ4n) is 3.89. The number of rotatable bonds is 4. The molecule has 1 aliphatic heterocycles. The molecule has 1 aliphatic carbocycles. The van der Waals surface area contributed by atoms with Crippen LogP contribution in [0.4, 0.5) is 0 Å². The molecule has 2 aromatic heterocycles. The van der Waals surface area contributed by atoms with E-state index in [2.05, 4.69) is 15.6 Å². The molecule has 2 aromatic rings. The Morgan fingerprint density at radius 1 is 1.43 bits per heavy atom. The minimum absolute atomic E-state index is 0.145. The Hall–Kier alpha value is -2.08. The van der Waals surface area contributed by atoms with Crippen molar-refractivity contribution in [1.82, 2.24) is 20.0 Å². The molecule has 122 valence electrons. The summed E-state index contributed by atoms with van der Waals surface area (Å²) >= 11 is 0. The number of ether oxygens (including phenoxy) is 1. The average Bonchev–Trinajstić information content (AvgIpc) is 2.91. The molecular formula is C17H22N4O2. The molecule has 2 fully saturated rings. The van der Waals surface area contributed by atoms with Crippen LogP contribution < -0.4 is 15.4 Å². The molecule has 0 bridgehead atoms. The van der Waals surface area contributed by atoms with Gasteiger partial charge in [-0.25, -0.2) is 4.98 Å². The number of pyridine rings is 1. The van der Waals surface area contributed by atoms with E-state index in [0.29, 0.717) is 11.8 Å². The van der Waals surface area contributed by atoms with Crippen LogP contribution in [0.25, 0.3) is 5.52 Å². The van der Waals surface area contributed by atoms with Crippen LogP contribution in [0.1, 0.15) is 19.7 Å². The highest BCUT2D eigenvalue weighted by Gasteiger charge is 2.57. The van der Waals surface area contributed by atoms with Crippen molar-refractivity contribution >= 4 is 11.4 Å². The smallest absolute Gasteiger partial charge is 0.224 e. The molecule has 2 N–H and O–H groups in total. The fraction of sp³-hybridized carbons (Fsp3) is 0.529. The van der Waals surface area contributed by atoms with E-state index in [9.17, 15) is 4.79 Å². The number of hydrogen-bond acceptors (Lipinski definition) is 4. The van der Waals surface area contributed by atoms with Crippen LogP contribution in [0.3, 0.4) is 0 Å². The maximum absolute atomic E-state index is 12.6. The van der Waals surface area contributed by atoms with E-state index in [0.717, 1.165) is 30.2 Å². The summed E-state index contributed by atoms with van der Waals surface area (Å²) in [6.45, 7) is 5.92. The van der Waals surface area contributed by atoms with Crippen molar-refractivity contribution in [1.29, 1.82) is 0 Å². The summed E-state index contributed by atoms with van der Waals surface area (Å²) in [7, 11) is 1.65. The molecule has 3 heterocycles. The van der Waals surface area contributed by atoms with Crippen LogP contribution >= 0.6 is 0 Å². The second-order valence-corrected chi connectivity index (χ2v) is 7.04. The highest BCUT2D eigenvalue weighted by molar-refractivity contribution is 5.83. The lowest BCUT2D eigenvalue weighted by molar-refractivity contribution is -0.124. The number of hydrogen-bond donors (Lipinski definition) is 2. The van der Waals surface area contributed by atoms with Crippen molar-refractivity contribution in [3.05, 3.63) is 30.4 Å². The maximum Gasteiger partial charge on any atom is 0.224 e. The molecule has 0 radical (unpaired) electrons. The van der Waals surface area contributed by atoms with Gasteiger partial charge < -0.3 is 15.4 Å². The van der Waals surface area contributed by atoms with Crippen molar-refractivity contribution in [3.63, 3.8) is 0 Å². The number of imidazole rings is 1. The third kappa shape index (κ3) is 2.20. The Balaban J connectivity index is 1.60.